The molecule has 12 heteroatoms. The zero-order valence-electron chi connectivity index (χ0n) is 11.4. The van der Waals surface area contributed by atoms with Crippen molar-refractivity contribution in [2.45, 2.75) is 23.8 Å². The van der Waals surface area contributed by atoms with Gasteiger partial charge in [0, 0.05) is 0 Å². The molecule has 0 aromatic carbocycles. The number of imidazole rings is 1. The molecule has 0 bridgehead atoms. The Bertz CT molecular complexity index is 781. The zero-order valence-corrected chi connectivity index (χ0v) is 11.4. The summed E-state index contributed by atoms with van der Waals surface area (Å²) in [5, 5.41) is 38.4. The standard InChI is InChI=1S/C11H12FN5O6/c12-10(22)6(19)4(1-18)23-11(10,9(20)21)17-3-16-5-7(13)14-2-15-8(5)17/h2-4,6,18-19,22H,1H2,(H,20,21)(H2,13,14,15)/t4-,6-,10-,11-/m1/s1. The number of aliphatic hydroxyl groups excluding tert-OH is 2. The lowest BCUT2D eigenvalue weighted by Gasteiger charge is -2.32. The zero-order chi connectivity index (χ0) is 17.0. The number of ether oxygens (including phenoxy) is 1. The van der Waals surface area contributed by atoms with Crippen molar-refractivity contribution in [3.63, 3.8) is 0 Å². The summed E-state index contributed by atoms with van der Waals surface area (Å²) in [5.41, 5.74) is 2.18. The highest BCUT2D eigenvalue weighted by molar-refractivity contribution is 5.85. The minimum Gasteiger partial charge on any atom is -0.477 e. The summed E-state index contributed by atoms with van der Waals surface area (Å²) in [6.45, 7) is -0.924. The fourth-order valence-electron chi connectivity index (χ4n) is 2.56. The van der Waals surface area contributed by atoms with Gasteiger partial charge in [0.1, 0.15) is 30.4 Å². The summed E-state index contributed by atoms with van der Waals surface area (Å²) < 4.78 is 20.3. The van der Waals surface area contributed by atoms with Crippen LogP contribution in [0.25, 0.3) is 11.2 Å². The van der Waals surface area contributed by atoms with Crippen molar-refractivity contribution >= 4 is 23.0 Å². The van der Waals surface area contributed by atoms with Gasteiger partial charge in [-0.2, -0.15) is 0 Å². The normalized spacial score (nSPS) is 34.1. The van der Waals surface area contributed by atoms with Crippen LogP contribution in [-0.2, 0) is 15.3 Å². The first-order valence-corrected chi connectivity index (χ1v) is 6.32. The van der Waals surface area contributed by atoms with E-state index >= 15 is 0 Å². The minimum atomic E-state index is -3.78. The Balaban J connectivity index is 2.31. The van der Waals surface area contributed by atoms with Gasteiger partial charge in [-0.15, -0.1) is 0 Å². The third kappa shape index (κ3) is 1.77. The molecule has 124 valence electrons. The third-order valence-electron chi connectivity index (χ3n) is 3.71. The number of fused-ring (bicyclic) bond motifs is 1. The van der Waals surface area contributed by atoms with E-state index in [4.69, 9.17) is 15.6 Å². The summed E-state index contributed by atoms with van der Waals surface area (Å²) in [6, 6.07) is 0. The van der Waals surface area contributed by atoms with E-state index in [2.05, 4.69) is 15.0 Å². The lowest BCUT2D eigenvalue weighted by molar-refractivity contribution is -0.258. The van der Waals surface area contributed by atoms with Crippen LogP contribution in [0.3, 0.4) is 0 Å². The van der Waals surface area contributed by atoms with Crippen molar-refractivity contribution in [3.8, 4) is 0 Å². The predicted molar refractivity (Wildman–Crippen MR) is 69.4 cm³/mol. The number of carbonyl (C=O) groups is 1. The predicted octanol–water partition coefficient (Wildman–Crippen LogP) is -2.44. The van der Waals surface area contributed by atoms with Gasteiger partial charge in [0.05, 0.1) is 6.61 Å². The molecule has 11 nitrogen and oxygen atoms in total. The maximum Gasteiger partial charge on any atom is 0.364 e. The van der Waals surface area contributed by atoms with E-state index in [0.29, 0.717) is 4.57 Å². The molecule has 1 saturated heterocycles. The van der Waals surface area contributed by atoms with Crippen molar-refractivity contribution < 1.29 is 34.3 Å². The second-order valence-electron chi connectivity index (χ2n) is 4.95. The maximum atomic E-state index is 14.8. The van der Waals surface area contributed by atoms with Crippen LogP contribution in [-0.4, -0.2) is 70.6 Å². The van der Waals surface area contributed by atoms with Crippen molar-refractivity contribution in [1.29, 1.82) is 0 Å². The molecule has 0 saturated carbocycles. The van der Waals surface area contributed by atoms with Crippen LogP contribution in [0.2, 0.25) is 0 Å². The lowest BCUT2D eigenvalue weighted by atomic mass is 9.99. The number of aliphatic carboxylic acids is 1. The molecule has 0 aliphatic carbocycles. The number of rotatable bonds is 3. The quantitative estimate of drug-likeness (QED) is 0.406. The van der Waals surface area contributed by atoms with E-state index in [1.807, 2.05) is 0 Å². The summed E-state index contributed by atoms with van der Waals surface area (Å²) >= 11 is 0. The number of nitrogens with zero attached hydrogens (tertiary/aromatic N) is 4. The first kappa shape index (κ1) is 15.5. The molecule has 0 radical (unpaired) electrons. The highest BCUT2D eigenvalue weighted by Gasteiger charge is 2.73. The molecule has 6 N–H and O–H groups in total. The van der Waals surface area contributed by atoms with Crippen LogP contribution < -0.4 is 5.73 Å². The number of hydrogen-bond acceptors (Lipinski definition) is 9. The molecular formula is C11H12FN5O6. The van der Waals surface area contributed by atoms with Crippen molar-refractivity contribution in [2.24, 2.45) is 0 Å². The number of hydrogen-bond donors (Lipinski definition) is 5. The Morgan fingerprint density at radius 1 is 1.48 bits per heavy atom. The number of halogens is 1. The number of alkyl halides is 1. The Hall–Kier alpha value is -2.41. The second-order valence-corrected chi connectivity index (χ2v) is 4.95. The smallest absolute Gasteiger partial charge is 0.364 e. The molecule has 23 heavy (non-hydrogen) atoms. The monoisotopic (exact) mass is 329 g/mol. The molecule has 1 aliphatic heterocycles. The van der Waals surface area contributed by atoms with Gasteiger partial charge < -0.3 is 30.9 Å². The molecule has 0 amide bonds. The SMILES string of the molecule is Nc1ncnc2c1ncn2[C@]1(C(=O)O)O[C@H](CO)[C@@H](O)[C@]1(O)F. The van der Waals surface area contributed by atoms with Crippen LogP contribution in [0.5, 0.6) is 0 Å². The minimum absolute atomic E-state index is 0.0468. The lowest BCUT2D eigenvalue weighted by Crippen LogP contribution is -2.59. The molecule has 2 aromatic heterocycles. The van der Waals surface area contributed by atoms with Crippen molar-refractivity contribution in [1.82, 2.24) is 19.5 Å². The van der Waals surface area contributed by atoms with Gasteiger partial charge in [-0.3, -0.25) is 4.57 Å². The van der Waals surface area contributed by atoms with Gasteiger partial charge in [0.15, 0.2) is 11.5 Å². The highest BCUT2D eigenvalue weighted by Crippen LogP contribution is 2.46. The van der Waals surface area contributed by atoms with E-state index in [-0.39, 0.29) is 17.0 Å². The summed E-state index contributed by atoms with van der Waals surface area (Å²) in [4.78, 5) is 22.9. The van der Waals surface area contributed by atoms with Crippen molar-refractivity contribution in [2.75, 3.05) is 12.3 Å². The summed E-state index contributed by atoms with van der Waals surface area (Å²) in [6.07, 6.45) is -2.18. The summed E-state index contributed by atoms with van der Waals surface area (Å²) in [5.74, 6) is -5.84. The first-order chi connectivity index (χ1) is 10.8. The van der Waals surface area contributed by atoms with E-state index in [0.717, 1.165) is 12.7 Å². The van der Waals surface area contributed by atoms with Gasteiger partial charge in [0.2, 0.25) is 0 Å². The van der Waals surface area contributed by atoms with Gasteiger partial charge in [-0.1, -0.05) is 0 Å². The molecular weight excluding hydrogens is 317 g/mol. The third-order valence-corrected chi connectivity index (χ3v) is 3.71. The van der Waals surface area contributed by atoms with Crippen molar-refractivity contribution in [3.05, 3.63) is 12.7 Å². The Morgan fingerprint density at radius 2 is 2.17 bits per heavy atom. The fraction of sp³-hybridized carbons (Fsp3) is 0.455. The highest BCUT2D eigenvalue weighted by atomic mass is 19.2. The van der Waals surface area contributed by atoms with Crippen LogP contribution in [0.15, 0.2) is 12.7 Å². The molecule has 0 unspecified atom stereocenters. The maximum absolute atomic E-state index is 14.8. The molecule has 1 fully saturated rings. The van der Waals surface area contributed by atoms with Crippen LogP contribution in [0, 0.1) is 0 Å². The number of nitrogen functional groups attached to an aromatic ring is 1. The second kappa shape index (κ2) is 4.79. The van der Waals surface area contributed by atoms with E-state index in [1.54, 1.807) is 0 Å². The number of aromatic nitrogens is 4. The molecule has 2 aromatic rings. The average molecular weight is 329 g/mol. The van der Waals surface area contributed by atoms with Gasteiger partial charge in [-0.25, -0.2) is 24.1 Å². The number of nitrogens with two attached hydrogens (primary N) is 1. The van der Waals surface area contributed by atoms with E-state index < -0.39 is 36.4 Å². The number of anilines is 1. The van der Waals surface area contributed by atoms with Crippen LogP contribution >= 0.6 is 0 Å². The molecule has 4 atom stereocenters. The van der Waals surface area contributed by atoms with Gasteiger partial charge >= 0.3 is 11.7 Å². The Morgan fingerprint density at radius 3 is 2.74 bits per heavy atom. The molecule has 0 spiro atoms. The number of aliphatic hydroxyl groups is 3. The summed E-state index contributed by atoms with van der Waals surface area (Å²) in [7, 11) is 0. The van der Waals surface area contributed by atoms with E-state index in [9.17, 15) is 24.5 Å². The average Bonchev–Trinajstić information content (AvgIpc) is 3.00. The molecule has 3 rings (SSSR count). The first-order valence-electron chi connectivity index (χ1n) is 6.32. The Labute approximate surface area is 126 Å². The Kier molecular flexibility index (Phi) is 3.23. The number of carboxylic acid groups (broad SMARTS) is 1. The molecule has 3 heterocycles. The fourth-order valence-corrected chi connectivity index (χ4v) is 2.56. The van der Waals surface area contributed by atoms with Gasteiger partial charge in [0.25, 0.3) is 5.85 Å². The largest absolute Gasteiger partial charge is 0.477 e. The molecule has 1 aliphatic rings. The number of carboxylic acids is 1. The van der Waals surface area contributed by atoms with Gasteiger partial charge in [-0.05, 0) is 0 Å². The van der Waals surface area contributed by atoms with Crippen LogP contribution in [0.4, 0.5) is 10.2 Å². The topological polar surface area (TPSA) is 177 Å². The van der Waals surface area contributed by atoms with Crippen LogP contribution in [0.1, 0.15) is 0 Å². The van der Waals surface area contributed by atoms with E-state index in [1.165, 1.54) is 0 Å².